The van der Waals surface area contributed by atoms with Crippen LogP contribution in [0, 0.1) is 0 Å². The van der Waals surface area contributed by atoms with Gasteiger partial charge in [0.25, 0.3) is 0 Å². The number of amides is 2. The number of hydrogen-bond donors (Lipinski definition) is 1. The molecule has 0 saturated carbocycles. The van der Waals surface area contributed by atoms with Crippen LogP contribution in [0.5, 0.6) is 0 Å². The average Bonchev–Trinajstić information content (AvgIpc) is 3.34. The van der Waals surface area contributed by atoms with Crippen LogP contribution < -0.4 is 5.32 Å². The maximum Gasteiger partial charge on any atom is 0.411 e. The number of ether oxygens (including phenoxy) is 1. The number of aromatic nitrogens is 1. The summed E-state index contributed by atoms with van der Waals surface area (Å²) in [6.07, 6.45) is 4.23. The first-order valence-corrected chi connectivity index (χ1v) is 10.5. The van der Waals surface area contributed by atoms with Gasteiger partial charge >= 0.3 is 6.09 Å². The molecule has 1 atom stereocenters. The summed E-state index contributed by atoms with van der Waals surface area (Å²) in [5.74, 6) is -0.138. The van der Waals surface area contributed by atoms with Gasteiger partial charge in [-0.1, -0.05) is 48.5 Å². The monoisotopic (exact) mass is 413 g/mol. The number of carbonyl (C=O) groups is 2. The van der Waals surface area contributed by atoms with Crippen LogP contribution in [0.3, 0.4) is 0 Å². The summed E-state index contributed by atoms with van der Waals surface area (Å²) in [6.45, 7) is 0.422. The van der Waals surface area contributed by atoms with E-state index in [9.17, 15) is 9.59 Å². The molecule has 1 N–H and O–H groups in total. The average molecular weight is 413 g/mol. The van der Waals surface area contributed by atoms with Crippen molar-refractivity contribution in [1.82, 2.24) is 15.2 Å². The molecule has 2 amide bonds. The van der Waals surface area contributed by atoms with Crippen molar-refractivity contribution in [2.45, 2.75) is 24.8 Å². The summed E-state index contributed by atoms with van der Waals surface area (Å²) < 4.78 is 5.74. The number of nitrogens with zero attached hydrogens (tertiary/aromatic N) is 2. The smallest absolute Gasteiger partial charge is 0.411 e. The van der Waals surface area contributed by atoms with E-state index in [1.807, 2.05) is 36.4 Å². The lowest BCUT2D eigenvalue weighted by molar-refractivity contribution is -0.121. The van der Waals surface area contributed by atoms with E-state index in [-0.39, 0.29) is 25.1 Å². The molecular formula is C25H23N3O3. The van der Waals surface area contributed by atoms with Gasteiger partial charge in [-0.05, 0) is 52.8 Å². The maximum absolute atomic E-state index is 12.9. The Labute approximate surface area is 180 Å². The van der Waals surface area contributed by atoms with Crippen LogP contribution in [-0.4, -0.2) is 41.2 Å². The first kappa shape index (κ1) is 19.3. The van der Waals surface area contributed by atoms with E-state index in [2.05, 4.69) is 34.6 Å². The number of benzene rings is 2. The SMILES string of the molecule is O=C1NCN(C(=O)OCC2c3ccccc3-c3ccccc32)[C@H]1CCc1ccncc1. The van der Waals surface area contributed by atoms with Crippen molar-refractivity contribution in [3.8, 4) is 11.1 Å². The minimum atomic E-state index is -0.524. The normalized spacial score (nSPS) is 17.2. The zero-order chi connectivity index (χ0) is 21.2. The molecule has 2 heterocycles. The van der Waals surface area contributed by atoms with E-state index in [1.165, 1.54) is 27.2 Å². The molecule has 0 radical (unpaired) electrons. The lowest BCUT2D eigenvalue weighted by Gasteiger charge is -2.23. The Balaban J connectivity index is 1.27. The molecule has 1 fully saturated rings. The van der Waals surface area contributed by atoms with Gasteiger partial charge in [0.15, 0.2) is 0 Å². The summed E-state index contributed by atoms with van der Waals surface area (Å²) in [7, 11) is 0. The second-order valence-corrected chi connectivity index (χ2v) is 7.88. The first-order chi connectivity index (χ1) is 15.2. The van der Waals surface area contributed by atoms with E-state index >= 15 is 0 Å². The van der Waals surface area contributed by atoms with Crippen molar-refractivity contribution in [2.24, 2.45) is 0 Å². The molecule has 0 unspecified atom stereocenters. The highest BCUT2D eigenvalue weighted by Crippen LogP contribution is 2.44. The third-order valence-electron chi connectivity index (χ3n) is 6.13. The Morgan fingerprint density at radius 3 is 2.32 bits per heavy atom. The number of hydrogen-bond acceptors (Lipinski definition) is 4. The predicted octanol–water partition coefficient (Wildman–Crippen LogP) is 3.72. The van der Waals surface area contributed by atoms with Crippen LogP contribution in [0.1, 0.15) is 29.0 Å². The van der Waals surface area contributed by atoms with Crippen molar-refractivity contribution in [3.05, 3.63) is 89.7 Å². The molecule has 1 aliphatic heterocycles. The summed E-state index contributed by atoms with van der Waals surface area (Å²) in [5.41, 5.74) is 5.80. The molecule has 2 aromatic carbocycles. The third-order valence-corrected chi connectivity index (χ3v) is 6.13. The fourth-order valence-electron chi connectivity index (χ4n) is 4.54. The molecule has 1 aliphatic carbocycles. The van der Waals surface area contributed by atoms with Crippen molar-refractivity contribution in [1.29, 1.82) is 0 Å². The molecule has 3 aromatic rings. The van der Waals surface area contributed by atoms with Crippen LogP contribution in [0.25, 0.3) is 11.1 Å². The fraction of sp³-hybridized carbons (Fsp3) is 0.240. The lowest BCUT2D eigenvalue weighted by atomic mass is 9.98. The largest absolute Gasteiger partial charge is 0.448 e. The maximum atomic E-state index is 12.9. The Morgan fingerprint density at radius 2 is 1.65 bits per heavy atom. The van der Waals surface area contributed by atoms with Crippen LogP contribution in [-0.2, 0) is 16.0 Å². The summed E-state index contributed by atoms with van der Waals surface area (Å²) >= 11 is 0. The van der Waals surface area contributed by atoms with E-state index in [0.29, 0.717) is 12.8 Å². The molecule has 2 aliphatic rings. The van der Waals surface area contributed by atoms with Gasteiger partial charge in [-0.25, -0.2) is 4.79 Å². The van der Waals surface area contributed by atoms with E-state index in [1.54, 1.807) is 12.4 Å². The van der Waals surface area contributed by atoms with Gasteiger partial charge in [-0.2, -0.15) is 0 Å². The number of rotatable bonds is 5. The van der Waals surface area contributed by atoms with Gasteiger partial charge in [0, 0.05) is 18.3 Å². The molecule has 31 heavy (non-hydrogen) atoms. The molecule has 6 nitrogen and oxygen atoms in total. The van der Waals surface area contributed by atoms with E-state index in [4.69, 9.17) is 4.74 Å². The van der Waals surface area contributed by atoms with Gasteiger partial charge in [0.1, 0.15) is 12.6 Å². The third kappa shape index (κ3) is 3.65. The Kier molecular flexibility index (Phi) is 5.12. The number of aryl methyl sites for hydroxylation is 1. The topological polar surface area (TPSA) is 71.5 Å². The van der Waals surface area contributed by atoms with Crippen LogP contribution >= 0.6 is 0 Å². The second kappa shape index (κ2) is 8.22. The summed E-state index contributed by atoms with van der Waals surface area (Å²) in [6, 6.07) is 19.8. The fourth-order valence-corrected chi connectivity index (χ4v) is 4.54. The van der Waals surface area contributed by atoms with Crippen LogP contribution in [0.2, 0.25) is 0 Å². The van der Waals surface area contributed by atoms with Crippen molar-refractivity contribution in [2.75, 3.05) is 13.3 Å². The van der Waals surface area contributed by atoms with E-state index in [0.717, 1.165) is 5.56 Å². The Bertz CT molecular complexity index is 1070. The molecular weight excluding hydrogens is 390 g/mol. The van der Waals surface area contributed by atoms with Crippen molar-refractivity contribution < 1.29 is 14.3 Å². The van der Waals surface area contributed by atoms with Crippen LogP contribution in [0.15, 0.2) is 73.1 Å². The standard InChI is InChI=1S/C25H23N3O3/c29-24-23(10-9-17-11-13-26-14-12-17)28(16-27-24)25(30)31-15-22-20-7-3-1-5-18(20)19-6-2-4-8-21(19)22/h1-8,11-14,22-23H,9-10,15-16H2,(H,27,29)/t23-/m0/s1. The predicted molar refractivity (Wildman–Crippen MR) is 116 cm³/mol. The molecule has 156 valence electrons. The van der Waals surface area contributed by atoms with Gasteiger partial charge in [0.2, 0.25) is 5.91 Å². The van der Waals surface area contributed by atoms with Gasteiger partial charge < -0.3 is 10.1 Å². The van der Waals surface area contributed by atoms with Gasteiger partial charge in [-0.3, -0.25) is 14.7 Å². The minimum absolute atomic E-state index is 0.00196. The summed E-state index contributed by atoms with van der Waals surface area (Å²) in [5, 5.41) is 2.77. The van der Waals surface area contributed by atoms with Crippen LogP contribution in [0.4, 0.5) is 4.79 Å². The molecule has 5 rings (SSSR count). The molecule has 0 spiro atoms. The minimum Gasteiger partial charge on any atom is -0.448 e. The Morgan fingerprint density at radius 1 is 1.00 bits per heavy atom. The number of carbonyl (C=O) groups excluding carboxylic acids is 2. The molecule has 0 bridgehead atoms. The van der Waals surface area contributed by atoms with Crippen molar-refractivity contribution in [3.63, 3.8) is 0 Å². The first-order valence-electron chi connectivity index (χ1n) is 10.5. The van der Waals surface area contributed by atoms with Crippen molar-refractivity contribution >= 4 is 12.0 Å². The lowest BCUT2D eigenvalue weighted by Crippen LogP contribution is -2.39. The highest BCUT2D eigenvalue weighted by Gasteiger charge is 2.37. The number of pyridine rings is 1. The number of nitrogens with one attached hydrogen (secondary N) is 1. The van der Waals surface area contributed by atoms with Gasteiger partial charge in [0.05, 0.1) is 6.67 Å². The molecule has 1 aromatic heterocycles. The highest BCUT2D eigenvalue weighted by atomic mass is 16.6. The Hall–Kier alpha value is -3.67. The summed E-state index contributed by atoms with van der Waals surface area (Å²) in [4.78, 5) is 30.7. The zero-order valence-corrected chi connectivity index (χ0v) is 17.0. The van der Waals surface area contributed by atoms with Gasteiger partial charge in [-0.15, -0.1) is 0 Å². The number of fused-ring (bicyclic) bond motifs is 3. The highest BCUT2D eigenvalue weighted by molar-refractivity contribution is 5.88. The quantitative estimate of drug-likeness (QED) is 0.692. The molecule has 1 saturated heterocycles. The second-order valence-electron chi connectivity index (χ2n) is 7.88. The molecule has 6 heteroatoms. The van der Waals surface area contributed by atoms with E-state index < -0.39 is 12.1 Å². The zero-order valence-electron chi connectivity index (χ0n) is 17.0.